The van der Waals surface area contributed by atoms with E-state index in [9.17, 15) is 4.39 Å². The summed E-state index contributed by atoms with van der Waals surface area (Å²) in [6, 6.07) is 17.4. The van der Waals surface area contributed by atoms with Gasteiger partial charge in [-0.1, -0.05) is 55.3 Å². The van der Waals surface area contributed by atoms with Crippen LogP contribution in [0.25, 0.3) is 11.2 Å². The van der Waals surface area contributed by atoms with Gasteiger partial charge in [-0.25, -0.2) is 14.4 Å². The zero-order valence-electron chi connectivity index (χ0n) is 18.0. The van der Waals surface area contributed by atoms with Crippen LogP contribution in [0.3, 0.4) is 0 Å². The Kier molecular flexibility index (Phi) is 5.96. The van der Waals surface area contributed by atoms with Crippen LogP contribution in [0.5, 0.6) is 0 Å². The lowest BCUT2D eigenvalue weighted by Gasteiger charge is -2.17. The number of anilines is 3. The second kappa shape index (κ2) is 9.34. The molecule has 0 bridgehead atoms. The van der Waals surface area contributed by atoms with Crippen LogP contribution < -0.4 is 10.6 Å². The standard InChI is InChI=1S/C25H27FN6/c26-20-14-6-7-15-21(20)29-25-30-22-17-28-24(27-16-8-11-18-9-2-1-3-10-18)31-23(22)32(25)19-12-4-5-13-19/h1-3,6-7,9-10,14-15,17,19H,4-5,8,11-13,16H2,(H,29,30)(H,27,28,31). The first-order chi connectivity index (χ1) is 15.8. The van der Waals surface area contributed by atoms with Gasteiger partial charge in [-0.05, 0) is 43.4 Å². The average molecular weight is 431 g/mol. The van der Waals surface area contributed by atoms with Gasteiger partial charge in [0.1, 0.15) is 11.3 Å². The fraction of sp³-hybridized carbons (Fsp3) is 0.320. The zero-order valence-corrected chi connectivity index (χ0v) is 18.0. The molecule has 2 aromatic heterocycles. The number of nitrogens with zero attached hydrogens (tertiary/aromatic N) is 4. The minimum absolute atomic E-state index is 0.301. The quantitative estimate of drug-likeness (QED) is 0.342. The Morgan fingerprint density at radius 1 is 0.969 bits per heavy atom. The molecule has 1 aliphatic rings. The van der Waals surface area contributed by atoms with Crippen molar-refractivity contribution >= 4 is 28.7 Å². The SMILES string of the molecule is Fc1ccccc1Nc1nc2cnc(NCCCc3ccccc3)nc2n1C1CCCC1. The number of hydrogen-bond acceptors (Lipinski definition) is 5. The summed E-state index contributed by atoms with van der Waals surface area (Å²) >= 11 is 0. The van der Waals surface area contributed by atoms with Crippen molar-refractivity contribution in [3.8, 4) is 0 Å². The molecule has 2 N–H and O–H groups in total. The number of aromatic nitrogens is 4. The Balaban J connectivity index is 1.37. The molecule has 4 aromatic rings. The number of hydrogen-bond donors (Lipinski definition) is 2. The first-order valence-electron chi connectivity index (χ1n) is 11.3. The second-order valence-electron chi connectivity index (χ2n) is 8.27. The summed E-state index contributed by atoms with van der Waals surface area (Å²) in [5.74, 6) is 0.916. The van der Waals surface area contributed by atoms with E-state index in [1.165, 1.54) is 24.5 Å². The number of nitrogens with one attached hydrogen (secondary N) is 2. The summed E-state index contributed by atoms with van der Waals surface area (Å²) in [6.07, 6.45) is 8.25. The van der Waals surface area contributed by atoms with E-state index in [2.05, 4.69) is 44.5 Å². The van der Waals surface area contributed by atoms with Gasteiger partial charge in [-0.3, -0.25) is 4.57 Å². The molecule has 32 heavy (non-hydrogen) atoms. The van der Waals surface area contributed by atoms with Gasteiger partial charge in [0.15, 0.2) is 5.65 Å². The maximum absolute atomic E-state index is 14.3. The number of halogens is 1. The largest absolute Gasteiger partial charge is 0.354 e. The number of para-hydroxylation sites is 1. The molecule has 0 unspecified atom stereocenters. The lowest BCUT2D eigenvalue weighted by molar-refractivity contribution is 0.535. The molecule has 1 aliphatic carbocycles. The molecule has 1 saturated carbocycles. The van der Waals surface area contributed by atoms with E-state index in [-0.39, 0.29) is 5.82 Å². The van der Waals surface area contributed by atoms with Crippen molar-refractivity contribution < 1.29 is 4.39 Å². The van der Waals surface area contributed by atoms with Crippen LogP contribution in [-0.4, -0.2) is 26.1 Å². The van der Waals surface area contributed by atoms with Crippen molar-refractivity contribution in [3.63, 3.8) is 0 Å². The van der Waals surface area contributed by atoms with Crippen LogP contribution in [0.1, 0.15) is 43.7 Å². The molecule has 0 amide bonds. The summed E-state index contributed by atoms with van der Waals surface area (Å²) in [7, 11) is 0. The second-order valence-corrected chi connectivity index (χ2v) is 8.27. The minimum atomic E-state index is -0.301. The molecule has 164 valence electrons. The Morgan fingerprint density at radius 2 is 1.75 bits per heavy atom. The highest BCUT2D eigenvalue weighted by Crippen LogP contribution is 2.36. The van der Waals surface area contributed by atoms with E-state index in [0.717, 1.165) is 37.9 Å². The van der Waals surface area contributed by atoms with Gasteiger partial charge in [-0.2, -0.15) is 4.98 Å². The summed E-state index contributed by atoms with van der Waals surface area (Å²) in [5.41, 5.74) is 3.24. The van der Waals surface area contributed by atoms with Crippen LogP contribution in [0, 0.1) is 5.82 Å². The lowest BCUT2D eigenvalue weighted by atomic mass is 10.1. The molecule has 2 heterocycles. The molecular formula is C25H27FN6. The van der Waals surface area contributed by atoms with Gasteiger partial charge in [0.05, 0.1) is 11.9 Å². The molecule has 6 nitrogen and oxygen atoms in total. The van der Waals surface area contributed by atoms with Crippen molar-refractivity contribution in [2.75, 3.05) is 17.2 Å². The highest BCUT2D eigenvalue weighted by Gasteiger charge is 2.24. The maximum Gasteiger partial charge on any atom is 0.224 e. The Morgan fingerprint density at radius 3 is 2.56 bits per heavy atom. The highest BCUT2D eigenvalue weighted by atomic mass is 19.1. The smallest absolute Gasteiger partial charge is 0.224 e. The number of rotatable bonds is 8. The van der Waals surface area contributed by atoms with E-state index in [1.807, 2.05) is 12.1 Å². The number of benzene rings is 2. The molecule has 0 aliphatic heterocycles. The van der Waals surface area contributed by atoms with Crippen LogP contribution in [0.2, 0.25) is 0 Å². The third-order valence-electron chi connectivity index (χ3n) is 6.01. The van der Waals surface area contributed by atoms with E-state index < -0.39 is 0 Å². The molecule has 0 saturated heterocycles. The monoisotopic (exact) mass is 430 g/mol. The predicted octanol–water partition coefficient (Wildman–Crippen LogP) is 5.87. The maximum atomic E-state index is 14.3. The van der Waals surface area contributed by atoms with E-state index in [1.54, 1.807) is 18.3 Å². The lowest BCUT2D eigenvalue weighted by Crippen LogP contribution is -2.11. The van der Waals surface area contributed by atoms with Crippen molar-refractivity contribution in [2.45, 2.75) is 44.6 Å². The topological polar surface area (TPSA) is 67.7 Å². The van der Waals surface area contributed by atoms with Gasteiger partial charge in [0.2, 0.25) is 11.9 Å². The predicted molar refractivity (Wildman–Crippen MR) is 126 cm³/mol. The summed E-state index contributed by atoms with van der Waals surface area (Å²) in [5, 5.41) is 6.53. The van der Waals surface area contributed by atoms with Crippen molar-refractivity contribution in [1.82, 2.24) is 19.5 Å². The molecule has 0 radical (unpaired) electrons. The Hall–Kier alpha value is -3.48. The van der Waals surface area contributed by atoms with Gasteiger partial charge >= 0.3 is 0 Å². The van der Waals surface area contributed by atoms with Crippen LogP contribution in [0.4, 0.5) is 22.0 Å². The van der Waals surface area contributed by atoms with Crippen molar-refractivity contribution in [3.05, 3.63) is 72.2 Å². The summed E-state index contributed by atoms with van der Waals surface area (Å²) in [4.78, 5) is 14.0. The summed E-state index contributed by atoms with van der Waals surface area (Å²) < 4.78 is 16.4. The van der Waals surface area contributed by atoms with Gasteiger partial charge < -0.3 is 10.6 Å². The molecule has 7 heteroatoms. The van der Waals surface area contributed by atoms with Gasteiger partial charge in [0.25, 0.3) is 0 Å². The molecule has 2 aromatic carbocycles. The third-order valence-corrected chi connectivity index (χ3v) is 6.01. The van der Waals surface area contributed by atoms with Gasteiger partial charge in [-0.15, -0.1) is 0 Å². The number of imidazole rings is 1. The highest BCUT2D eigenvalue weighted by molar-refractivity contribution is 5.76. The molecule has 1 fully saturated rings. The average Bonchev–Trinajstić information content (AvgIpc) is 3.46. The fourth-order valence-corrected chi connectivity index (χ4v) is 4.39. The number of fused-ring (bicyclic) bond motifs is 1. The fourth-order valence-electron chi connectivity index (χ4n) is 4.39. The molecule has 5 rings (SSSR count). The third kappa shape index (κ3) is 4.42. The van der Waals surface area contributed by atoms with Gasteiger partial charge in [0, 0.05) is 12.6 Å². The molecule has 0 spiro atoms. The minimum Gasteiger partial charge on any atom is -0.354 e. The van der Waals surface area contributed by atoms with Crippen LogP contribution >= 0.6 is 0 Å². The van der Waals surface area contributed by atoms with Crippen LogP contribution in [-0.2, 0) is 6.42 Å². The molecular weight excluding hydrogens is 403 g/mol. The Labute approximate surface area is 186 Å². The van der Waals surface area contributed by atoms with Crippen molar-refractivity contribution in [2.24, 2.45) is 0 Å². The number of aryl methyl sites for hydroxylation is 1. The molecule has 0 atom stereocenters. The van der Waals surface area contributed by atoms with E-state index in [0.29, 0.717) is 29.1 Å². The Bertz CT molecular complexity index is 1180. The van der Waals surface area contributed by atoms with E-state index >= 15 is 0 Å². The van der Waals surface area contributed by atoms with Crippen LogP contribution in [0.15, 0.2) is 60.8 Å². The van der Waals surface area contributed by atoms with Crippen molar-refractivity contribution in [1.29, 1.82) is 0 Å². The van der Waals surface area contributed by atoms with E-state index in [4.69, 9.17) is 9.97 Å². The first-order valence-corrected chi connectivity index (χ1v) is 11.3. The zero-order chi connectivity index (χ0) is 21.8. The normalized spacial score (nSPS) is 14.2. The summed E-state index contributed by atoms with van der Waals surface area (Å²) in [6.45, 7) is 0.790. The first kappa shape index (κ1) is 20.4.